The summed E-state index contributed by atoms with van der Waals surface area (Å²) in [5.41, 5.74) is 1.27. The lowest BCUT2D eigenvalue weighted by Crippen LogP contribution is -2.16. The number of carboxylic acids is 1. The molecule has 24 heavy (non-hydrogen) atoms. The van der Waals surface area contributed by atoms with Crippen molar-refractivity contribution in [2.75, 3.05) is 0 Å². The van der Waals surface area contributed by atoms with Crippen molar-refractivity contribution in [3.63, 3.8) is 0 Å². The van der Waals surface area contributed by atoms with E-state index in [1.807, 2.05) is 36.4 Å². The third-order valence-electron chi connectivity index (χ3n) is 3.71. The van der Waals surface area contributed by atoms with E-state index in [4.69, 9.17) is 23.2 Å². The van der Waals surface area contributed by atoms with Crippen LogP contribution in [0.4, 0.5) is 0 Å². The molecule has 1 unspecified atom stereocenters. The quantitative estimate of drug-likeness (QED) is 0.405. The number of thioether (sulfide) groups is 1. The first-order valence-electron chi connectivity index (χ1n) is 7.94. The standard InChI is InChI=1S/C19H20Cl2O2S/c20-15-8-6-14(7-9-15)4-2-1-3-5-18(19(22)23)24-17-12-10-16(21)11-13-17/h6-13,18H,1-5H2,(H,22,23). The minimum Gasteiger partial charge on any atom is -0.480 e. The van der Waals surface area contributed by atoms with Gasteiger partial charge in [-0.2, -0.15) is 0 Å². The summed E-state index contributed by atoms with van der Waals surface area (Å²) in [6.45, 7) is 0. The smallest absolute Gasteiger partial charge is 0.316 e. The van der Waals surface area contributed by atoms with E-state index in [1.165, 1.54) is 17.3 Å². The third-order valence-corrected chi connectivity index (χ3v) is 5.48. The Balaban J connectivity index is 1.72. The predicted molar refractivity (Wildman–Crippen MR) is 102 cm³/mol. The monoisotopic (exact) mass is 382 g/mol. The second kappa shape index (κ2) is 9.97. The van der Waals surface area contributed by atoms with Gasteiger partial charge in [-0.1, -0.05) is 48.2 Å². The van der Waals surface area contributed by atoms with Crippen LogP contribution in [0.15, 0.2) is 53.4 Å². The van der Waals surface area contributed by atoms with Gasteiger partial charge in [-0.3, -0.25) is 4.79 Å². The van der Waals surface area contributed by atoms with Gasteiger partial charge in [-0.05, 0) is 61.2 Å². The maximum absolute atomic E-state index is 11.4. The molecule has 2 aromatic carbocycles. The average Bonchev–Trinajstić information content (AvgIpc) is 2.57. The van der Waals surface area contributed by atoms with Crippen molar-refractivity contribution >= 4 is 40.9 Å². The lowest BCUT2D eigenvalue weighted by molar-refractivity contribution is -0.136. The highest BCUT2D eigenvalue weighted by atomic mass is 35.5. The van der Waals surface area contributed by atoms with E-state index >= 15 is 0 Å². The number of rotatable bonds is 9. The molecule has 1 atom stereocenters. The molecule has 1 N–H and O–H groups in total. The van der Waals surface area contributed by atoms with Crippen LogP contribution < -0.4 is 0 Å². The average molecular weight is 383 g/mol. The molecule has 0 fully saturated rings. The molecule has 0 amide bonds. The molecule has 0 aliphatic carbocycles. The van der Waals surface area contributed by atoms with Crippen molar-refractivity contribution < 1.29 is 9.90 Å². The first-order chi connectivity index (χ1) is 11.5. The maximum Gasteiger partial charge on any atom is 0.316 e. The molecule has 0 aromatic heterocycles. The van der Waals surface area contributed by atoms with Crippen molar-refractivity contribution in [3.05, 3.63) is 64.1 Å². The molecule has 2 rings (SSSR count). The van der Waals surface area contributed by atoms with E-state index in [0.29, 0.717) is 11.4 Å². The topological polar surface area (TPSA) is 37.3 Å². The minimum absolute atomic E-state index is 0.415. The largest absolute Gasteiger partial charge is 0.480 e. The fourth-order valence-corrected chi connectivity index (χ4v) is 3.66. The summed E-state index contributed by atoms with van der Waals surface area (Å²) in [5, 5.41) is 10.4. The van der Waals surface area contributed by atoms with Crippen LogP contribution in [0.5, 0.6) is 0 Å². The Bertz CT molecular complexity index is 641. The summed E-state index contributed by atoms with van der Waals surface area (Å²) >= 11 is 13.1. The molecule has 5 heteroatoms. The van der Waals surface area contributed by atoms with Crippen molar-refractivity contribution in [2.45, 2.75) is 42.2 Å². The lowest BCUT2D eigenvalue weighted by atomic mass is 10.1. The molecule has 2 nitrogen and oxygen atoms in total. The first-order valence-corrected chi connectivity index (χ1v) is 9.57. The number of aryl methyl sites for hydroxylation is 1. The fourth-order valence-electron chi connectivity index (χ4n) is 2.40. The molecule has 0 heterocycles. The molecular weight excluding hydrogens is 363 g/mol. The zero-order valence-corrected chi connectivity index (χ0v) is 15.6. The Morgan fingerprint density at radius 3 is 2.08 bits per heavy atom. The number of halogens is 2. The van der Waals surface area contributed by atoms with Gasteiger partial charge in [0.1, 0.15) is 5.25 Å². The molecular formula is C19H20Cl2O2S. The van der Waals surface area contributed by atoms with Crippen molar-refractivity contribution in [1.82, 2.24) is 0 Å². The van der Waals surface area contributed by atoms with Gasteiger partial charge in [0.15, 0.2) is 0 Å². The van der Waals surface area contributed by atoms with Crippen LogP contribution in [0.25, 0.3) is 0 Å². The summed E-state index contributed by atoms with van der Waals surface area (Å²) in [5.74, 6) is -0.757. The number of carbonyl (C=O) groups is 1. The molecule has 0 aliphatic heterocycles. The summed E-state index contributed by atoms with van der Waals surface area (Å²) in [6, 6.07) is 15.2. The normalized spacial score (nSPS) is 12.1. The van der Waals surface area contributed by atoms with Crippen LogP contribution in [0.3, 0.4) is 0 Å². The zero-order valence-electron chi connectivity index (χ0n) is 13.3. The number of benzene rings is 2. The van der Waals surface area contributed by atoms with Crippen molar-refractivity contribution in [3.8, 4) is 0 Å². The Labute approximate surface area is 157 Å². The van der Waals surface area contributed by atoms with Gasteiger partial charge in [-0.25, -0.2) is 0 Å². The summed E-state index contributed by atoms with van der Waals surface area (Å²) < 4.78 is 0. The molecule has 0 saturated carbocycles. The van der Waals surface area contributed by atoms with Gasteiger partial charge in [-0.15, -0.1) is 11.8 Å². The number of hydrogen-bond acceptors (Lipinski definition) is 2. The Morgan fingerprint density at radius 1 is 0.917 bits per heavy atom. The van der Waals surface area contributed by atoms with E-state index in [0.717, 1.165) is 35.6 Å². The fraction of sp³-hybridized carbons (Fsp3) is 0.316. The Hall–Kier alpha value is -1.16. The third kappa shape index (κ3) is 6.76. The number of unbranched alkanes of at least 4 members (excludes halogenated alkanes) is 2. The summed E-state index contributed by atoms with van der Waals surface area (Å²) in [6.07, 6.45) is 4.65. The minimum atomic E-state index is -0.757. The SMILES string of the molecule is O=C(O)C(CCCCCc1ccc(Cl)cc1)Sc1ccc(Cl)cc1. The van der Waals surface area contributed by atoms with Gasteiger partial charge in [0.2, 0.25) is 0 Å². The number of carboxylic acid groups (broad SMARTS) is 1. The van der Waals surface area contributed by atoms with Crippen LogP contribution in [-0.2, 0) is 11.2 Å². The van der Waals surface area contributed by atoms with E-state index in [1.54, 1.807) is 12.1 Å². The molecule has 0 bridgehead atoms. The van der Waals surface area contributed by atoms with Crippen LogP contribution >= 0.6 is 35.0 Å². The van der Waals surface area contributed by atoms with Crippen molar-refractivity contribution in [2.24, 2.45) is 0 Å². The van der Waals surface area contributed by atoms with Crippen LogP contribution in [-0.4, -0.2) is 16.3 Å². The number of hydrogen-bond donors (Lipinski definition) is 1. The van der Waals surface area contributed by atoms with Crippen LogP contribution in [0.2, 0.25) is 10.0 Å². The van der Waals surface area contributed by atoms with E-state index in [2.05, 4.69) is 0 Å². The molecule has 0 spiro atoms. The van der Waals surface area contributed by atoms with E-state index < -0.39 is 11.2 Å². The molecule has 0 saturated heterocycles. The Morgan fingerprint density at radius 2 is 1.50 bits per heavy atom. The second-order valence-corrected chi connectivity index (χ2v) is 7.77. The summed E-state index contributed by atoms with van der Waals surface area (Å²) in [7, 11) is 0. The first kappa shape index (κ1) is 19.2. The van der Waals surface area contributed by atoms with Gasteiger partial charge in [0.05, 0.1) is 0 Å². The lowest BCUT2D eigenvalue weighted by Gasteiger charge is -2.12. The highest BCUT2D eigenvalue weighted by Gasteiger charge is 2.18. The van der Waals surface area contributed by atoms with Crippen LogP contribution in [0.1, 0.15) is 31.2 Å². The molecule has 2 aromatic rings. The van der Waals surface area contributed by atoms with Gasteiger partial charge in [0.25, 0.3) is 0 Å². The number of aliphatic carboxylic acids is 1. The molecule has 0 radical (unpaired) electrons. The zero-order chi connectivity index (χ0) is 17.4. The Kier molecular flexibility index (Phi) is 7.97. The maximum atomic E-state index is 11.4. The highest BCUT2D eigenvalue weighted by Crippen LogP contribution is 2.28. The molecule has 0 aliphatic rings. The van der Waals surface area contributed by atoms with E-state index in [9.17, 15) is 9.90 Å². The second-order valence-electron chi connectivity index (χ2n) is 5.62. The van der Waals surface area contributed by atoms with Gasteiger partial charge < -0.3 is 5.11 Å². The van der Waals surface area contributed by atoms with Crippen molar-refractivity contribution in [1.29, 1.82) is 0 Å². The summed E-state index contributed by atoms with van der Waals surface area (Å²) in [4.78, 5) is 12.4. The van der Waals surface area contributed by atoms with E-state index in [-0.39, 0.29) is 0 Å². The van der Waals surface area contributed by atoms with Gasteiger partial charge >= 0.3 is 5.97 Å². The highest BCUT2D eigenvalue weighted by molar-refractivity contribution is 8.00. The predicted octanol–water partition coefficient (Wildman–Crippen LogP) is 6.34. The van der Waals surface area contributed by atoms with Crippen LogP contribution in [0, 0.1) is 0 Å². The van der Waals surface area contributed by atoms with Gasteiger partial charge in [0, 0.05) is 14.9 Å². The molecule has 128 valence electrons.